The summed E-state index contributed by atoms with van der Waals surface area (Å²) in [6, 6.07) is 14.0. The number of ether oxygens (including phenoxy) is 1. The number of thiocarbonyl (C=S) groups is 1. The summed E-state index contributed by atoms with van der Waals surface area (Å²) in [4.78, 5) is 12.4. The maximum Gasteiger partial charge on any atom is 0.337 e. The first-order valence-electron chi connectivity index (χ1n) is 7.90. The molecule has 0 bridgehead atoms. The summed E-state index contributed by atoms with van der Waals surface area (Å²) < 4.78 is 5.02. The van der Waals surface area contributed by atoms with Crippen LogP contribution in [0, 0.1) is 5.92 Å². The molecule has 0 spiro atoms. The summed E-state index contributed by atoms with van der Waals surface area (Å²) in [5.74, 6) is -0.221. The van der Waals surface area contributed by atoms with Gasteiger partial charge in [0.15, 0.2) is 5.11 Å². The molecule has 0 saturated carbocycles. The Labute approximate surface area is 146 Å². The smallest absolute Gasteiger partial charge is 0.337 e. The molecule has 24 heavy (non-hydrogen) atoms. The molecule has 0 saturated heterocycles. The van der Waals surface area contributed by atoms with Gasteiger partial charge in [-0.25, -0.2) is 4.79 Å². The van der Waals surface area contributed by atoms with Gasteiger partial charge in [0.1, 0.15) is 0 Å². The lowest BCUT2D eigenvalue weighted by Gasteiger charge is -2.32. The van der Waals surface area contributed by atoms with Crippen LogP contribution in [-0.2, 0) is 9.53 Å². The normalized spacial score (nSPS) is 17.7. The molecule has 0 fully saturated rings. The molecule has 1 atom stereocenters. The van der Waals surface area contributed by atoms with E-state index in [1.165, 1.54) is 7.11 Å². The van der Waals surface area contributed by atoms with Crippen LogP contribution in [0.1, 0.15) is 25.5 Å². The van der Waals surface area contributed by atoms with Gasteiger partial charge in [-0.15, -0.1) is 0 Å². The molecule has 1 heterocycles. The summed E-state index contributed by atoms with van der Waals surface area (Å²) >= 11 is 5.34. The minimum atomic E-state index is -0.348. The van der Waals surface area contributed by atoms with Crippen molar-refractivity contribution in [2.45, 2.75) is 19.9 Å². The van der Waals surface area contributed by atoms with Gasteiger partial charge in [0.2, 0.25) is 0 Å². The van der Waals surface area contributed by atoms with E-state index in [1.807, 2.05) is 32.0 Å². The van der Waals surface area contributed by atoms with E-state index in [2.05, 4.69) is 34.9 Å². The zero-order valence-electron chi connectivity index (χ0n) is 13.9. The van der Waals surface area contributed by atoms with Crippen LogP contribution >= 0.6 is 12.2 Å². The van der Waals surface area contributed by atoms with E-state index in [4.69, 9.17) is 17.0 Å². The largest absolute Gasteiger partial charge is 0.466 e. The lowest BCUT2D eigenvalue weighted by molar-refractivity contribution is -0.136. The van der Waals surface area contributed by atoms with Gasteiger partial charge in [-0.2, -0.15) is 0 Å². The molecular weight excluding hydrogens is 320 g/mol. The molecule has 2 aromatic rings. The lowest BCUT2D eigenvalue weighted by Crippen LogP contribution is -2.46. The van der Waals surface area contributed by atoms with Crippen LogP contribution < -0.4 is 10.6 Å². The van der Waals surface area contributed by atoms with Gasteiger partial charge in [-0.05, 0) is 40.5 Å². The fourth-order valence-corrected chi connectivity index (χ4v) is 3.24. The number of hydrogen-bond acceptors (Lipinski definition) is 3. The van der Waals surface area contributed by atoms with E-state index in [9.17, 15) is 4.79 Å². The van der Waals surface area contributed by atoms with Crippen LogP contribution in [0.5, 0.6) is 0 Å². The molecule has 1 aliphatic rings. The van der Waals surface area contributed by atoms with Crippen molar-refractivity contribution in [3.05, 3.63) is 59.3 Å². The summed E-state index contributed by atoms with van der Waals surface area (Å²) in [6.07, 6.45) is 0. The quantitative estimate of drug-likeness (QED) is 0.662. The number of rotatable bonds is 3. The Bertz CT molecular complexity index is 842. The zero-order chi connectivity index (χ0) is 17.3. The zero-order valence-corrected chi connectivity index (χ0v) is 14.7. The first kappa shape index (κ1) is 16.5. The number of fused-ring (bicyclic) bond motifs is 1. The number of benzene rings is 2. The molecule has 3 rings (SSSR count). The minimum absolute atomic E-state index is 0.127. The molecule has 4 nitrogen and oxygen atoms in total. The van der Waals surface area contributed by atoms with Crippen LogP contribution in [0.2, 0.25) is 0 Å². The van der Waals surface area contributed by atoms with Crippen molar-refractivity contribution >= 4 is 34.1 Å². The number of allylic oxidation sites excluding steroid dienone is 1. The third kappa shape index (κ3) is 2.99. The Balaban J connectivity index is 2.15. The third-order valence-electron chi connectivity index (χ3n) is 4.19. The van der Waals surface area contributed by atoms with Crippen molar-refractivity contribution in [2.24, 2.45) is 5.92 Å². The van der Waals surface area contributed by atoms with Gasteiger partial charge < -0.3 is 15.4 Å². The summed E-state index contributed by atoms with van der Waals surface area (Å²) in [7, 11) is 1.40. The van der Waals surface area contributed by atoms with E-state index < -0.39 is 0 Å². The lowest BCUT2D eigenvalue weighted by atomic mass is 9.90. The Kier molecular flexibility index (Phi) is 4.53. The van der Waals surface area contributed by atoms with Gasteiger partial charge >= 0.3 is 5.97 Å². The Morgan fingerprint density at radius 2 is 1.88 bits per heavy atom. The number of esters is 1. The molecule has 0 aliphatic carbocycles. The number of methoxy groups -OCH3 is 1. The van der Waals surface area contributed by atoms with E-state index in [0.29, 0.717) is 10.7 Å². The van der Waals surface area contributed by atoms with Crippen LogP contribution in [0.25, 0.3) is 10.8 Å². The van der Waals surface area contributed by atoms with Gasteiger partial charge in [0.25, 0.3) is 0 Å². The average Bonchev–Trinajstić information content (AvgIpc) is 2.59. The highest BCUT2D eigenvalue weighted by Crippen LogP contribution is 2.31. The number of carbonyl (C=O) groups is 1. The number of hydrogen-bond donors (Lipinski definition) is 2. The molecule has 2 aromatic carbocycles. The Morgan fingerprint density at radius 3 is 2.54 bits per heavy atom. The topological polar surface area (TPSA) is 50.4 Å². The summed E-state index contributed by atoms with van der Waals surface area (Å²) in [5, 5.41) is 9.12. The van der Waals surface area contributed by atoms with Crippen LogP contribution in [0.4, 0.5) is 0 Å². The highest BCUT2D eigenvalue weighted by molar-refractivity contribution is 7.80. The molecule has 2 N–H and O–H groups in total. The second-order valence-corrected chi connectivity index (χ2v) is 6.52. The molecule has 5 heteroatoms. The van der Waals surface area contributed by atoms with E-state index in [1.54, 1.807) is 0 Å². The van der Waals surface area contributed by atoms with Crippen molar-refractivity contribution in [3.63, 3.8) is 0 Å². The van der Waals surface area contributed by atoms with Crippen molar-refractivity contribution in [2.75, 3.05) is 7.11 Å². The predicted octanol–water partition coefficient (Wildman–Crippen LogP) is 3.44. The standard InChI is InChI=1S/C19H20N2O2S/c1-11(2)16-15(18(22)23-3)17(21-19(24)20-16)14-9-8-12-6-4-5-7-13(12)10-14/h4-11,17H,1-3H3,(H2,20,21,24)/t17-/m0/s1. The van der Waals surface area contributed by atoms with Gasteiger partial charge in [0.05, 0.1) is 18.7 Å². The molecule has 0 unspecified atom stereocenters. The molecule has 0 amide bonds. The molecule has 124 valence electrons. The first-order valence-corrected chi connectivity index (χ1v) is 8.30. The summed E-state index contributed by atoms with van der Waals surface area (Å²) in [5.41, 5.74) is 2.37. The maximum atomic E-state index is 12.4. The van der Waals surface area contributed by atoms with Gasteiger partial charge in [-0.3, -0.25) is 0 Å². The van der Waals surface area contributed by atoms with E-state index >= 15 is 0 Å². The molecule has 0 radical (unpaired) electrons. The fraction of sp³-hybridized carbons (Fsp3) is 0.263. The maximum absolute atomic E-state index is 12.4. The van der Waals surface area contributed by atoms with Crippen molar-refractivity contribution in [1.82, 2.24) is 10.6 Å². The van der Waals surface area contributed by atoms with Crippen molar-refractivity contribution < 1.29 is 9.53 Å². The fourth-order valence-electron chi connectivity index (χ4n) is 3.01. The second-order valence-electron chi connectivity index (χ2n) is 6.11. The van der Waals surface area contributed by atoms with Crippen molar-refractivity contribution in [1.29, 1.82) is 0 Å². The minimum Gasteiger partial charge on any atom is -0.466 e. The van der Waals surface area contributed by atoms with Gasteiger partial charge in [-0.1, -0.05) is 50.2 Å². The Morgan fingerprint density at radius 1 is 1.17 bits per heavy atom. The second kappa shape index (κ2) is 6.61. The number of carbonyl (C=O) groups excluding carboxylic acids is 1. The molecule has 1 aliphatic heterocycles. The van der Waals surface area contributed by atoms with E-state index in [-0.39, 0.29) is 17.9 Å². The Hall–Kier alpha value is -2.40. The highest BCUT2D eigenvalue weighted by Gasteiger charge is 2.33. The number of nitrogens with one attached hydrogen (secondary N) is 2. The third-order valence-corrected chi connectivity index (χ3v) is 4.41. The SMILES string of the molecule is COC(=O)C1=C(C(C)C)NC(=S)N[C@H]1c1ccc2ccccc2c1. The van der Waals surface area contributed by atoms with Crippen molar-refractivity contribution in [3.8, 4) is 0 Å². The van der Waals surface area contributed by atoms with Gasteiger partial charge in [0, 0.05) is 5.70 Å². The predicted molar refractivity (Wildman–Crippen MR) is 99.4 cm³/mol. The van der Waals surface area contributed by atoms with Crippen LogP contribution in [-0.4, -0.2) is 18.2 Å². The monoisotopic (exact) mass is 340 g/mol. The molecular formula is C19H20N2O2S. The van der Waals surface area contributed by atoms with E-state index in [0.717, 1.165) is 22.0 Å². The molecule has 0 aromatic heterocycles. The first-order chi connectivity index (χ1) is 11.5. The van der Waals surface area contributed by atoms with Crippen LogP contribution in [0.3, 0.4) is 0 Å². The summed E-state index contributed by atoms with van der Waals surface area (Å²) in [6.45, 7) is 4.05. The average molecular weight is 340 g/mol. The van der Waals surface area contributed by atoms with Crippen LogP contribution in [0.15, 0.2) is 53.7 Å². The highest BCUT2D eigenvalue weighted by atomic mass is 32.1.